The van der Waals surface area contributed by atoms with E-state index in [-0.39, 0.29) is 5.75 Å². The highest BCUT2D eigenvalue weighted by Crippen LogP contribution is 2.31. The Morgan fingerprint density at radius 2 is 1.96 bits per heavy atom. The number of anilines is 1. The number of aldehydes is 1. The summed E-state index contributed by atoms with van der Waals surface area (Å²) >= 11 is 0. The Labute approximate surface area is 165 Å². The number of aryl methyl sites for hydroxylation is 1. The van der Waals surface area contributed by atoms with Crippen LogP contribution in [0.4, 0.5) is 5.69 Å². The lowest BCUT2D eigenvalue weighted by molar-refractivity contribution is 0.112. The van der Waals surface area contributed by atoms with Crippen LogP contribution in [0, 0.1) is 5.92 Å². The van der Waals surface area contributed by atoms with Crippen molar-refractivity contribution >= 4 is 22.7 Å². The molecule has 1 aromatic heterocycles. The van der Waals surface area contributed by atoms with Crippen LogP contribution in [0.2, 0.25) is 0 Å². The number of aromatic nitrogens is 1. The van der Waals surface area contributed by atoms with Gasteiger partial charge >= 0.3 is 0 Å². The largest absolute Gasteiger partial charge is 0.507 e. The minimum atomic E-state index is 0.0433. The highest BCUT2D eigenvalue weighted by Gasteiger charge is 2.19. The van der Waals surface area contributed by atoms with Crippen molar-refractivity contribution in [2.45, 2.75) is 32.1 Å². The Morgan fingerprint density at radius 1 is 1.11 bits per heavy atom. The first-order valence-electron chi connectivity index (χ1n) is 10.1. The van der Waals surface area contributed by atoms with E-state index in [1.165, 1.54) is 37.1 Å². The summed E-state index contributed by atoms with van der Waals surface area (Å²) in [7, 11) is 0. The SMILES string of the molecule is O=Cc1c(O)ccc2cc(N3CCC(CCCc4ccccn4)CC3)ccc12. The van der Waals surface area contributed by atoms with Crippen molar-refractivity contribution < 1.29 is 9.90 Å². The molecule has 1 aliphatic rings. The second kappa shape index (κ2) is 8.42. The zero-order valence-corrected chi connectivity index (χ0v) is 16.1. The van der Waals surface area contributed by atoms with Gasteiger partial charge in [0.15, 0.2) is 6.29 Å². The maximum Gasteiger partial charge on any atom is 0.154 e. The molecule has 1 aliphatic heterocycles. The van der Waals surface area contributed by atoms with Crippen molar-refractivity contribution in [3.8, 4) is 5.75 Å². The summed E-state index contributed by atoms with van der Waals surface area (Å²) in [4.78, 5) is 18.1. The predicted molar refractivity (Wildman–Crippen MR) is 113 cm³/mol. The fraction of sp³-hybridized carbons (Fsp3) is 0.333. The fourth-order valence-electron chi connectivity index (χ4n) is 4.25. The van der Waals surface area contributed by atoms with E-state index in [9.17, 15) is 9.90 Å². The highest BCUT2D eigenvalue weighted by atomic mass is 16.3. The number of rotatable bonds is 6. The number of phenols is 1. The average Bonchev–Trinajstić information content (AvgIpc) is 2.75. The van der Waals surface area contributed by atoms with Crippen LogP contribution in [0.1, 0.15) is 41.7 Å². The maximum atomic E-state index is 11.3. The lowest BCUT2D eigenvalue weighted by atomic mass is 9.91. The zero-order chi connectivity index (χ0) is 19.3. The van der Waals surface area contributed by atoms with Crippen LogP contribution in [0.3, 0.4) is 0 Å². The normalized spacial score (nSPS) is 15.1. The second-order valence-corrected chi connectivity index (χ2v) is 7.67. The molecular formula is C24H26N2O2. The molecule has 2 aromatic carbocycles. The van der Waals surface area contributed by atoms with Gasteiger partial charge in [0, 0.05) is 30.7 Å². The van der Waals surface area contributed by atoms with Crippen LogP contribution < -0.4 is 4.90 Å². The molecule has 0 aliphatic carbocycles. The summed E-state index contributed by atoms with van der Waals surface area (Å²) < 4.78 is 0. The van der Waals surface area contributed by atoms with Crippen molar-refractivity contribution in [2.24, 2.45) is 5.92 Å². The van der Waals surface area contributed by atoms with E-state index in [1.807, 2.05) is 24.4 Å². The molecule has 3 aromatic rings. The molecule has 1 saturated heterocycles. The number of hydrogen-bond donors (Lipinski definition) is 1. The van der Waals surface area contributed by atoms with Gasteiger partial charge in [0.25, 0.3) is 0 Å². The van der Waals surface area contributed by atoms with E-state index in [2.05, 4.69) is 34.1 Å². The smallest absolute Gasteiger partial charge is 0.154 e. The summed E-state index contributed by atoms with van der Waals surface area (Å²) in [6.45, 7) is 2.14. The molecule has 144 valence electrons. The summed E-state index contributed by atoms with van der Waals surface area (Å²) in [5.74, 6) is 0.834. The fourth-order valence-corrected chi connectivity index (χ4v) is 4.25. The molecule has 0 saturated carbocycles. The van der Waals surface area contributed by atoms with Gasteiger partial charge in [-0.3, -0.25) is 9.78 Å². The Kier molecular flexibility index (Phi) is 5.56. The Hall–Kier alpha value is -2.88. The van der Waals surface area contributed by atoms with Crippen molar-refractivity contribution in [3.05, 3.63) is 66.0 Å². The van der Waals surface area contributed by atoms with Crippen LogP contribution in [0.5, 0.6) is 5.75 Å². The lowest BCUT2D eigenvalue weighted by Gasteiger charge is -2.34. The summed E-state index contributed by atoms with van der Waals surface area (Å²) in [5.41, 5.74) is 2.76. The third-order valence-electron chi connectivity index (χ3n) is 5.89. The molecule has 1 fully saturated rings. The average molecular weight is 374 g/mol. The van der Waals surface area contributed by atoms with Gasteiger partial charge in [-0.05, 0) is 79.1 Å². The van der Waals surface area contributed by atoms with Crippen LogP contribution in [0.25, 0.3) is 10.8 Å². The molecule has 0 amide bonds. The molecule has 1 N–H and O–H groups in total. The number of nitrogens with zero attached hydrogens (tertiary/aromatic N) is 2. The highest BCUT2D eigenvalue weighted by molar-refractivity contribution is 6.01. The first-order valence-corrected chi connectivity index (χ1v) is 10.1. The Balaban J connectivity index is 1.34. The van der Waals surface area contributed by atoms with E-state index in [0.29, 0.717) is 5.56 Å². The van der Waals surface area contributed by atoms with Gasteiger partial charge in [-0.25, -0.2) is 0 Å². The third kappa shape index (κ3) is 4.01. The summed E-state index contributed by atoms with van der Waals surface area (Å²) in [5, 5.41) is 11.7. The van der Waals surface area contributed by atoms with Crippen LogP contribution in [-0.2, 0) is 6.42 Å². The molecule has 0 radical (unpaired) electrons. The second-order valence-electron chi connectivity index (χ2n) is 7.67. The third-order valence-corrected chi connectivity index (χ3v) is 5.89. The molecule has 0 atom stereocenters. The summed E-state index contributed by atoms with van der Waals surface area (Å²) in [6, 6.07) is 15.8. The molecule has 0 bridgehead atoms. The van der Waals surface area contributed by atoms with Crippen molar-refractivity contribution in [3.63, 3.8) is 0 Å². The number of fused-ring (bicyclic) bond motifs is 1. The number of pyridine rings is 1. The van der Waals surface area contributed by atoms with E-state index >= 15 is 0 Å². The number of benzene rings is 2. The molecular weight excluding hydrogens is 348 g/mol. The van der Waals surface area contributed by atoms with Gasteiger partial charge in [0.1, 0.15) is 5.75 Å². The molecule has 0 spiro atoms. The number of carbonyl (C=O) groups is 1. The van der Waals surface area contributed by atoms with Gasteiger partial charge in [0.05, 0.1) is 5.56 Å². The van der Waals surface area contributed by atoms with Crippen LogP contribution >= 0.6 is 0 Å². The number of phenolic OH excluding ortho intramolecular Hbond substituents is 1. The number of piperidine rings is 1. The topological polar surface area (TPSA) is 53.4 Å². The Morgan fingerprint density at radius 3 is 2.71 bits per heavy atom. The standard InChI is InChI=1S/C24H26N2O2/c27-17-23-22-9-8-21(16-19(22)7-10-24(23)28)26-14-11-18(12-15-26)4-3-6-20-5-1-2-13-25-20/h1-2,5,7-10,13,16-18,28H,3-4,6,11-12,14-15H2. The molecule has 0 unspecified atom stereocenters. The first-order chi connectivity index (χ1) is 13.7. The van der Waals surface area contributed by atoms with Gasteiger partial charge < -0.3 is 10.0 Å². The minimum Gasteiger partial charge on any atom is -0.507 e. The minimum absolute atomic E-state index is 0.0433. The summed E-state index contributed by atoms with van der Waals surface area (Å²) in [6.07, 6.45) is 8.58. The number of carbonyl (C=O) groups excluding carboxylic acids is 1. The van der Waals surface area contributed by atoms with E-state index < -0.39 is 0 Å². The molecule has 4 heteroatoms. The van der Waals surface area contributed by atoms with Crippen LogP contribution in [-0.4, -0.2) is 29.5 Å². The monoisotopic (exact) mass is 374 g/mol. The van der Waals surface area contributed by atoms with E-state index in [4.69, 9.17) is 0 Å². The predicted octanol–water partition coefficient (Wildman–Crippen LogP) is 4.99. The molecule has 28 heavy (non-hydrogen) atoms. The quantitative estimate of drug-likeness (QED) is 0.618. The molecule has 4 nitrogen and oxygen atoms in total. The van der Waals surface area contributed by atoms with Gasteiger partial charge in [-0.2, -0.15) is 0 Å². The lowest BCUT2D eigenvalue weighted by Crippen LogP contribution is -2.33. The zero-order valence-electron chi connectivity index (χ0n) is 16.1. The maximum absolute atomic E-state index is 11.3. The number of aromatic hydroxyl groups is 1. The van der Waals surface area contributed by atoms with E-state index in [1.54, 1.807) is 6.07 Å². The number of hydrogen-bond acceptors (Lipinski definition) is 4. The van der Waals surface area contributed by atoms with Crippen molar-refractivity contribution in [2.75, 3.05) is 18.0 Å². The van der Waals surface area contributed by atoms with Crippen molar-refractivity contribution in [1.82, 2.24) is 4.98 Å². The molecule has 2 heterocycles. The van der Waals surface area contributed by atoms with Gasteiger partial charge in [0.2, 0.25) is 0 Å². The first kappa shape index (κ1) is 18.5. The van der Waals surface area contributed by atoms with Crippen LogP contribution in [0.15, 0.2) is 54.7 Å². The van der Waals surface area contributed by atoms with Crippen molar-refractivity contribution in [1.29, 1.82) is 0 Å². The van der Waals surface area contributed by atoms with Gasteiger partial charge in [-0.1, -0.05) is 18.2 Å². The Bertz CT molecular complexity index is 947. The van der Waals surface area contributed by atoms with E-state index in [0.717, 1.165) is 42.5 Å². The molecule has 4 rings (SSSR count). The van der Waals surface area contributed by atoms with Gasteiger partial charge in [-0.15, -0.1) is 0 Å².